The van der Waals surface area contributed by atoms with Crippen LogP contribution in [0.4, 0.5) is 0 Å². The minimum Gasteiger partial charge on any atom is -0.366 e. The van der Waals surface area contributed by atoms with Gasteiger partial charge < -0.3 is 10.6 Å². The van der Waals surface area contributed by atoms with Crippen molar-refractivity contribution in [3.05, 3.63) is 76.2 Å². The number of primary amides is 1. The Kier molecular flexibility index (Phi) is 4.24. The molecule has 0 aliphatic carbocycles. The molecule has 0 atom stereocenters. The van der Waals surface area contributed by atoms with Crippen molar-refractivity contribution in [1.82, 2.24) is 9.47 Å². The van der Waals surface area contributed by atoms with Crippen LogP contribution in [0.5, 0.6) is 0 Å². The summed E-state index contributed by atoms with van der Waals surface area (Å²) in [5.74, 6) is -0.594. The van der Waals surface area contributed by atoms with Crippen molar-refractivity contribution in [3.63, 3.8) is 0 Å². The second-order valence-corrected chi connectivity index (χ2v) is 6.63. The van der Waals surface area contributed by atoms with Gasteiger partial charge >= 0.3 is 0 Å². The number of amides is 2. The van der Waals surface area contributed by atoms with E-state index in [2.05, 4.69) is 0 Å². The summed E-state index contributed by atoms with van der Waals surface area (Å²) in [6.45, 7) is 0.777. The van der Waals surface area contributed by atoms with Crippen LogP contribution in [-0.2, 0) is 11.3 Å². The van der Waals surface area contributed by atoms with Crippen LogP contribution < -0.4 is 11.3 Å². The highest BCUT2D eigenvalue weighted by atomic mass is 16.2. The van der Waals surface area contributed by atoms with Gasteiger partial charge in [-0.05, 0) is 24.6 Å². The summed E-state index contributed by atoms with van der Waals surface area (Å²) in [4.78, 5) is 39.5. The molecular formula is C21H19N3O3. The summed E-state index contributed by atoms with van der Waals surface area (Å²) < 4.78 is 1.51. The number of hydrogen-bond donors (Lipinski definition) is 1. The fraction of sp³-hybridized carbons (Fsp3) is 0.190. The summed E-state index contributed by atoms with van der Waals surface area (Å²) in [5.41, 5.74) is 6.87. The van der Waals surface area contributed by atoms with Crippen LogP contribution in [0.15, 0.2) is 59.4 Å². The second-order valence-electron chi connectivity index (χ2n) is 6.63. The van der Waals surface area contributed by atoms with Gasteiger partial charge in [0.15, 0.2) is 0 Å². The van der Waals surface area contributed by atoms with Crippen molar-refractivity contribution >= 4 is 22.6 Å². The van der Waals surface area contributed by atoms with Crippen LogP contribution >= 0.6 is 0 Å². The number of hydrogen-bond acceptors (Lipinski definition) is 3. The van der Waals surface area contributed by atoms with Crippen LogP contribution in [0.1, 0.15) is 28.9 Å². The maximum absolute atomic E-state index is 13.3. The highest BCUT2D eigenvalue weighted by Crippen LogP contribution is 2.25. The molecule has 3 aromatic rings. The molecule has 0 saturated carbocycles. The van der Waals surface area contributed by atoms with E-state index in [0.29, 0.717) is 35.1 Å². The number of para-hydroxylation sites is 1. The number of pyridine rings is 1. The molecule has 1 aliphatic heterocycles. The first-order chi connectivity index (χ1) is 13.1. The van der Waals surface area contributed by atoms with E-state index in [9.17, 15) is 14.4 Å². The smallest absolute Gasteiger partial charge is 0.263 e. The van der Waals surface area contributed by atoms with E-state index < -0.39 is 5.91 Å². The SMILES string of the molecule is NC(=O)c1c(CN2CCCC2=O)n(-c2ccccc2)c(=O)c2ccccc12. The number of likely N-dealkylation sites (tertiary alicyclic amines) is 1. The molecule has 1 fully saturated rings. The van der Waals surface area contributed by atoms with E-state index in [4.69, 9.17) is 5.73 Å². The monoisotopic (exact) mass is 361 g/mol. The Morgan fingerprint density at radius 2 is 1.63 bits per heavy atom. The molecule has 4 rings (SSSR count). The Hall–Kier alpha value is -3.41. The first-order valence-corrected chi connectivity index (χ1v) is 8.87. The van der Waals surface area contributed by atoms with Gasteiger partial charge in [0.25, 0.3) is 11.5 Å². The molecule has 2 aromatic carbocycles. The number of nitrogens with zero attached hydrogens (tertiary/aromatic N) is 2. The van der Waals surface area contributed by atoms with Crippen molar-refractivity contribution in [2.45, 2.75) is 19.4 Å². The lowest BCUT2D eigenvalue weighted by molar-refractivity contribution is -0.128. The minimum atomic E-state index is -0.613. The number of fused-ring (bicyclic) bond motifs is 1. The quantitative estimate of drug-likeness (QED) is 0.773. The number of nitrogens with two attached hydrogens (primary N) is 1. The van der Waals surface area contributed by atoms with Crippen molar-refractivity contribution in [3.8, 4) is 5.69 Å². The Balaban J connectivity index is 2.07. The van der Waals surface area contributed by atoms with Gasteiger partial charge in [0, 0.05) is 29.4 Å². The predicted octanol–water partition coefficient (Wildman–Crippen LogP) is 2.21. The summed E-state index contributed by atoms with van der Waals surface area (Å²) in [6.07, 6.45) is 1.25. The van der Waals surface area contributed by atoms with Crippen LogP contribution in [0.25, 0.3) is 16.5 Å². The summed E-state index contributed by atoms with van der Waals surface area (Å²) >= 11 is 0. The van der Waals surface area contributed by atoms with E-state index in [-0.39, 0.29) is 23.6 Å². The Morgan fingerprint density at radius 3 is 2.26 bits per heavy atom. The predicted molar refractivity (Wildman–Crippen MR) is 103 cm³/mol. The third-order valence-electron chi connectivity index (χ3n) is 4.96. The molecule has 0 radical (unpaired) electrons. The highest BCUT2D eigenvalue weighted by molar-refractivity contribution is 6.07. The van der Waals surface area contributed by atoms with Crippen molar-refractivity contribution in [1.29, 1.82) is 0 Å². The van der Waals surface area contributed by atoms with E-state index in [0.717, 1.165) is 6.42 Å². The molecule has 1 saturated heterocycles. The lowest BCUT2D eigenvalue weighted by Gasteiger charge is -2.23. The standard InChI is InChI=1S/C21H19N3O3/c22-20(26)19-15-9-4-5-10-16(15)21(27)24(14-7-2-1-3-8-14)17(19)13-23-12-6-11-18(23)25/h1-5,7-10H,6,11-13H2,(H2,22,26). The topological polar surface area (TPSA) is 85.4 Å². The van der Waals surface area contributed by atoms with Gasteiger partial charge in [0.2, 0.25) is 5.91 Å². The molecule has 1 aliphatic rings. The van der Waals surface area contributed by atoms with Crippen molar-refractivity contribution in [2.24, 2.45) is 5.73 Å². The molecule has 2 amide bonds. The summed E-state index contributed by atoms with van der Waals surface area (Å²) in [7, 11) is 0. The molecule has 2 heterocycles. The Bertz CT molecular complexity index is 1100. The lowest BCUT2D eigenvalue weighted by atomic mass is 10.0. The van der Waals surface area contributed by atoms with Gasteiger partial charge in [-0.1, -0.05) is 36.4 Å². The van der Waals surface area contributed by atoms with E-state index in [1.165, 1.54) is 4.57 Å². The molecule has 2 N–H and O–H groups in total. The molecular weight excluding hydrogens is 342 g/mol. The van der Waals surface area contributed by atoms with Crippen LogP contribution in [0.3, 0.4) is 0 Å². The molecule has 27 heavy (non-hydrogen) atoms. The van der Waals surface area contributed by atoms with Crippen molar-refractivity contribution < 1.29 is 9.59 Å². The normalized spacial score (nSPS) is 14.1. The zero-order valence-corrected chi connectivity index (χ0v) is 14.7. The Labute approximate surface area is 155 Å². The largest absolute Gasteiger partial charge is 0.366 e. The number of benzene rings is 2. The summed E-state index contributed by atoms with van der Waals surface area (Å²) in [5, 5.41) is 0.940. The number of carbonyl (C=O) groups is 2. The maximum Gasteiger partial charge on any atom is 0.263 e. The lowest BCUT2D eigenvalue weighted by Crippen LogP contribution is -2.33. The van der Waals surface area contributed by atoms with E-state index >= 15 is 0 Å². The van der Waals surface area contributed by atoms with Crippen molar-refractivity contribution in [2.75, 3.05) is 6.54 Å². The summed E-state index contributed by atoms with van der Waals surface area (Å²) in [6, 6.07) is 16.0. The van der Waals surface area contributed by atoms with Gasteiger partial charge in [-0.2, -0.15) is 0 Å². The van der Waals surface area contributed by atoms with Crippen LogP contribution in [0, 0.1) is 0 Å². The average Bonchev–Trinajstić information content (AvgIpc) is 3.07. The number of rotatable bonds is 4. The van der Waals surface area contributed by atoms with Gasteiger partial charge in [0.1, 0.15) is 0 Å². The zero-order chi connectivity index (χ0) is 19.0. The first-order valence-electron chi connectivity index (χ1n) is 8.87. The molecule has 1 aromatic heterocycles. The van der Waals surface area contributed by atoms with Gasteiger partial charge in [-0.3, -0.25) is 19.0 Å². The van der Waals surface area contributed by atoms with E-state index in [1.807, 2.05) is 18.2 Å². The zero-order valence-electron chi connectivity index (χ0n) is 14.7. The molecule has 6 heteroatoms. The third-order valence-corrected chi connectivity index (χ3v) is 4.96. The average molecular weight is 361 g/mol. The molecule has 0 spiro atoms. The maximum atomic E-state index is 13.3. The number of carbonyl (C=O) groups excluding carboxylic acids is 2. The number of aromatic nitrogens is 1. The fourth-order valence-electron chi connectivity index (χ4n) is 3.72. The fourth-order valence-corrected chi connectivity index (χ4v) is 3.72. The molecule has 0 unspecified atom stereocenters. The minimum absolute atomic E-state index is 0.0191. The third kappa shape index (κ3) is 2.89. The van der Waals surface area contributed by atoms with Gasteiger partial charge in [-0.15, -0.1) is 0 Å². The second kappa shape index (κ2) is 6.72. The highest BCUT2D eigenvalue weighted by Gasteiger charge is 2.26. The van der Waals surface area contributed by atoms with Crippen LogP contribution in [-0.4, -0.2) is 27.8 Å². The Morgan fingerprint density at radius 1 is 0.963 bits per heavy atom. The van der Waals surface area contributed by atoms with E-state index in [1.54, 1.807) is 41.3 Å². The molecule has 136 valence electrons. The molecule has 6 nitrogen and oxygen atoms in total. The van der Waals surface area contributed by atoms with Crippen LogP contribution in [0.2, 0.25) is 0 Å². The molecule has 0 bridgehead atoms. The first kappa shape index (κ1) is 17.0. The van der Waals surface area contributed by atoms with Gasteiger partial charge in [0.05, 0.1) is 17.8 Å². The van der Waals surface area contributed by atoms with Gasteiger partial charge in [-0.25, -0.2) is 0 Å².